The molecule has 1 aliphatic rings. The predicted molar refractivity (Wildman–Crippen MR) is 85.6 cm³/mol. The van der Waals surface area contributed by atoms with Gasteiger partial charge >= 0.3 is 0 Å². The molecule has 22 heavy (non-hydrogen) atoms. The van der Waals surface area contributed by atoms with Gasteiger partial charge in [0, 0.05) is 19.4 Å². The number of fused-ring (bicyclic) bond motifs is 2. The molecule has 0 unspecified atom stereocenters. The number of rotatable bonds is 1. The van der Waals surface area contributed by atoms with E-state index in [1.165, 1.54) is 11.1 Å². The van der Waals surface area contributed by atoms with Crippen molar-refractivity contribution in [1.82, 2.24) is 9.55 Å². The average Bonchev–Trinajstić information content (AvgIpc) is 2.94. The van der Waals surface area contributed by atoms with Crippen LogP contribution in [-0.2, 0) is 25.5 Å². The van der Waals surface area contributed by atoms with Crippen LogP contribution >= 0.6 is 0 Å². The van der Waals surface area contributed by atoms with Crippen LogP contribution < -0.4 is 0 Å². The van der Waals surface area contributed by atoms with E-state index in [4.69, 9.17) is 0 Å². The smallest absolute Gasteiger partial charge is 0.173 e. The van der Waals surface area contributed by atoms with Crippen molar-refractivity contribution in [1.29, 1.82) is 0 Å². The molecule has 0 radical (unpaired) electrons. The summed E-state index contributed by atoms with van der Waals surface area (Å²) < 4.78 is 1.90. The van der Waals surface area contributed by atoms with Gasteiger partial charge in [-0.25, -0.2) is 4.98 Å². The van der Waals surface area contributed by atoms with E-state index in [0.717, 1.165) is 24.0 Å². The van der Waals surface area contributed by atoms with Crippen molar-refractivity contribution in [2.75, 3.05) is 0 Å². The van der Waals surface area contributed by atoms with Crippen LogP contribution in [0.3, 0.4) is 0 Å². The maximum atomic E-state index is 11.8. The number of aryl methyl sites for hydroxylation is 3. The quantitative estimate of drug-likeness (QED) is 0.748. The van der Waals surface area contributed by atoms with Gasteiger partial charge in [0.25, 0.3) is 0 Å². The number of aliphatic hydroxyl groups is 1. The molecule has 1 aromatic heterocycles. The lowest BCUT2D eigenvalue weighted by Crippen LogP contribution is -2.33. The molecule has 3 nitrogen and oxygen atoms in total. The van der Waals surface area contributed by atoms with E-state index in [1.807, 2.05) is 54.2 Å². The van der Waals surface area contributed by atoms with Gasteiger partial charge in [-0.1, -0.05) is 48.5 Å². The Labute approximate surface area is 129 Å². The van der Waals surface area contributed by atoms with Crippen LogP contribution in [0.2, 0.25) is 0 Å². The van der Waals surface area contributed by atoms with E-state index in [0.29, 0.717) is 5.82 Å². The van der Waals surface area contributed by atoms with Crippen LogP contribution in [-0.4, -0.2) is 14.7 Å². The second-order valence-electron chi connectivity index (χ2n) is 5.89. The maximum Gasteiger partial charge on any atom is 0.173 e. The lowest BCUT2D eigenvalue weighted by Gasteiger charge is -2.30. The molecule has 0 aliphatic heterocycles. The number of benzene rings is 2. The Morgan fingerprint density at radius 2 is 1.50 bits per heavy atom. The lowest BCUT2D eigenvalue weighted by molar-refractivity contribution is 0.112. The normalized spacial score (nSPS) is 15.7. The third kappa shape index (κ3) is 1.76. The number of aromatic nitrogens is 2. The Morgan fingerprint density at radius 3 is 2.00 bits per heavy atom. The van der Waals surface area contributed by atoms with Gasteiger partial charge in [0.15, 0.2) is 5.60 Å². The Morgan fingerprint density at radius 1 is 0.955 bits per heavy atom. The molecule has 110 valence electrons. The Kier molecular flexibility index (Phi) is 2.91. The topological polar surface area (TPSA) is 38.0 Å². The number of nitrogens with zero attached hydrogens (tertiary/aromatic N) is 2. The number of hydrogen-bond acceptors (Lipinski definition) is 2. The second-order valence-corrected chi connectivity index (χ2v) is 5.89. The minimum absolute atomic E-state index is 0.661. The minimum atomic E-state index is -1.21. The highest BCUT2D eigenvalue weighted by Gasteiger charge is 2.41. The predicted octanol–water partition coefficient (Wildman–Crippen LogP) is 2.80. The molecule has 4 rings (SSSR count). The first-order chi connectivity index (χ1) is 10.7. The fraction of sp³-hybridized carbons (Fsp3) is 0.211. The van der Waals surface area contributed by atoms with Crippen molar-refractivity contribution < 1.29 is 5.11 Å². The number of hydrogen-bond donors (Lipinski definition) is 1. The van der Waals surface area contributed by atoms with Gasteiger partial charge in [-0.3, -0.25) is 0 Å². The Balaban J connectivity index is 2.10. The first-order valence-electron chi connectivity index (χ1n) is 7.58. The van der Waals surface area contributed by atoms with E-state index in [9.17, 15) is 5.11 Å². The summed E-state index contributed by atoms with van der Waals surface area (Å²) in [6.45, 7) is 0. The highest BCUT2D eigenvalue weighted by molar-refractivity contribution is 5.51. The molecule has 3 heteroatoms. The van der Waals surface area contributed by atoms with Crippen molar-refractivity contribution in [2.45, 2.75) is 18.4 Å². The summed E-state index contributed by atoms with van der Waals surface area (Å²) in [5.74, 6) is 0.661. The molecule has 1 N–H and O–H groups in total. The molecule has 2 aromatic carbocycles. The molecule has 0 bridgehead atoms. The van der Waals surface area contributed by atoms with Gasteiger partial charge in [-0.05, 0) is 35.1 Å². The van der Waals surface area contributed by atoms with E-state index in [1.54, 1.807) is 6.20 Å². The first-order valence-corrected chi connectivity index (χ1v) is 7.58. The fourth-order valence-electron chi connectivity index (χ4n) is 3.55. The SMILES string of the molecule is Cn1ccnc1C1(O)c2ccccc2CCc2ccccc21. The minimum Gasteiger partial charge on any atom is -0.373 e. The van der Waals surface area contributed by atoms with Crippen molar-refractivity contribution in [3.63, 3.8) is 0 Å². The lowest BCUT2D eigenvalue weighted by atomic mass is 9.82. The van der Waals surface area contributed by atoms with Gasteiger partial charge in [-0.2, -0.15) is 0 Å². The maximum absolute atomic E-state index is 11.8. The van der Waals surface area contributed by atoms with Crippen LogP contribution in [0.5, 0.6) is 0 Å². The van der Waals surface area contributed by atoms with Crippen LogP contribution in [0.15, 0.2) is 60.9 Å². The Bertz CT molecular complexity index is 787. The zero-order valence-corrected chi connectivity index (χ0v) is 12.5. The molecule has 3 aromatic rings. The summed E-state index contributed by atoms with van der Waals surface area (Å²) in [6, 6.07) is 16.3. The van der Waals surface area contributed by atoms with Gasteiger partial charge in [0.1, 0.15) is 5.82 Å². The summed E-state index contributed by atoms with van der Waals surface area (Å²) in [5.41, 5.74) is 3.04. The molecule has 0 fully saturated rings. The van der Waals surface area contributed by atoms with Gasteiger partial charge in [0.2, 0.25) is 0 Å². The zero-order valence-electron chi connectivity index (χ0n) is 12.5. The van der Waals surface area contributed by atoms with Gasteiger partial charge in [-0.15, -0.1) is 0 Å². The molecule has 0 saturated carbocycles. The second kappa shape index (κ2) is 4.82. The summed E-state index contributed by atoms with van der Waals surface area (Å²) in [7, 11) is 1.93. The third-order valence-electron chi connectivity index (χ3n) is 4.62. The van der Waals surface area contributed by atoms with Crippen molar-refractivity contribution >= 4 is 0 Å². The molecular formula is C19H18N2O. The van der Waals surface area contributed by atoms with Crippen LogP contribution in [0.4, 0.5) is 0 Å². The summed E-state index contributed by atoms with van der Waals surface area (Å²) in [4.78, 5) is 4.46. The average molecular weight is 290 g/mol. The standard InChI is InChI=1S/C19H18N2O/c1-21-13-12-20-18(21)19(22)16-8-4-2-6-14(16)10-11-15-7-3-5-9-17(15)19/h2-9,12-13,22H,10-11H2,1H3. The molecule has 0 spiro atoms. The molecular weight excluding hydrogens is 272 g/mol. The van der Waals surface area contributed by atoms with Crippen molar-refractivity contribution in [2.24, 2.45) is 7.05 Å². The highest BCUT2D eigenvalue weighted by atomic mass is 16.3. The van der Waals surface area contributed by atoms with Crippen LogP contribution in [0.25, 0.3) is 0 Å². The van der Waals surface area contributed by atoms with Gasteiger partial charge in [0.05, 0.1) is 0 Å². The first kappa shape index (κ1) is 13.3. The molecule has 1 aliphatic carbocycles. The van der Waals surface area contributed by atoms with E-state index in [-0.39, 0.29) is 0 Å². The largest absolute Gasteiger partial charge is 0.373 e. The van der Waals surface area contributed by atoms with Gasteiger partial charge < -0.3 is 9.67 Å². The molecule has 0 amide bonds. The fourth-order valence-corrected chi connectivity index (χ4v) is 3.55. The molecule has 0 atom stereocenters. The van der Waals surface area contributed by atoms with E-state index in [2.05, 4.69) is 17.1 Å². The van der Waals surface area contributed by atoms with E-state index >= 15 is 0 Å². The van der Waals surface area contributed by atoms with Crippen LogP contribution in [0, 0.1) is 0 Å². The highest BCUT2D eigenvalue weighted by Crippen LogP contribution is 2.41. The number of imidazole rings is 1. The molecule has 1 heterocycles. The van der Waals surface area contributed by atoms with Crippen LogP contribution in [0.1, 0.15) is 28.1 Å². The van der Waals surface area contributed by atoms with Crippen molar-refractivity contribution in [3.8, 4) is 0 Å². The summed E-state index contributed by atoms with van der Waals surface area (Å²) in [5, 5.41) is 11.8. The van der Waals surface area contributed by atoms with Crippen molar-refractivity contribution in [3.05, 3.63) is 89.0 Å². The monoisotopic (exact) mass is 290 g/mol. The summed E-state index contributed by atoms with van der Waals surface area (Å²) >= 11 is 0. The van der Waals surface area contributed by atoms with E-state index < -0.39 is 5.60 Å². The zero-order chi connectivity index (χ0) is 15.2. The Hall–Kier alpha value is -2.39. The summed E-state index contributed by atoms with van der Waals surface area (Å²) in [6.07, 6.45) is 5.48. The molecule has 0 saturated heterocycles. The third-order valence-corrected chi connectivity index (χ3v) is 4.62.